The summed E-state index contributed by atoms with van der Waals surface area (Å²) < 4.78 is 0. The van der Waals surface area contributed by atoms with Crippen molar-refractivity contribution < 1.29 is 9.59 Å². The average Bonchev–Trinajstić information content (AvgIpc) is 2.83. The van der Waals surface area contributed by atoms with Gasteiger partial charge < -0.3 is 15.5 Å². The average molecular weight is 458 g/mol. The molecule has 0 aliphatic rings. The highest BCUT2D eigenvalue weighted by molar-refractivity contribution is 5.90. The maximum absolute atomic E-state index is 12.8. The predicted molar refractivity (Wildman–Crippen MR) is 139 cm³/mol. The third-order valence-electron chi connectivity index (χ3n) is 5.89. The van der Waals surface area contributed by atoms with Gasteiger partial charge in [-0.05, 0) is 56.0 Å². The van der Waals surface area contributed by atoms with E-state index in [-0.39, 0.29) is 30.3 Å². The van der Waals surface area contributed by atoms with E-state index in [1.807, 2.05) is 81.4 Å². The molecule has 0 aromatic heterocycles. The predicted octanol–water partition coefficient (Wildman–Crippen LogP) is 5.97. The Labute approximate surface area is 203 Å². The number of hydrogen-bond acceptors (Lipinski definition) is 2. The van der Waals surface area contributed by atoms with E-state index >= 15 is 0 Å². The molecule has 0 heterocycles. The SMILES string of the molecule is Cc1cccc(NC(=O)N(CCC(=O)NCCC(c2ccccc2)c2ccccc2)C(C)C)c1. The molecular weight excluding hydrogens is 422 g/mol. The van der Waals surface area contributed by atoms with Crippen molar-refractivity contribution in [3.05, 3.63) is 102 Å². The summed E-state index contributed by atoms with van der Waals surface area (Å²) in [7, 11) is 0. The molecular formula is C29H35N3O2. The molecule has 2 N–H and O–H groups in total. The second-order valence-electron chi connectivity index (χ2n) is 8.85. The molecule has 5 heteroatoms. The first-order valence-electron chi connectivity index (χ1n) is 11.9. The van der Waals surface area contributed by atoms with Gasteiger partial charge in [0.2, 0.25) is 5.91 Å². The van der Waals surface area contributed by atoms with E-state index in [0.29, 0.717) is 13.1 Å². The molecule has 34 heavy (non-hydrogen) atoms. The zero-order valence-corrected chi connectivity index (χ0v) is 20.3. The number of hydrogen-bond donors (Lipinski definition) is 2. The van der Waals surface area contributed by atoms with E-state index in [4.69, 9.17) is 0 Å². The van der Waals surface area contributed by atoms with Crippen LogP contribution in [0, 0.1) is 6.92 Å². The molecule has 0 spiro atoms. The number of carbonyl (C=O) groups is 2. The normalized spacial score (nSPS) is 10.9. The molecule has 0 saturated carbocycles. The van der Waals surface area contributed by atoms with E-state index in [9.17, 15) is 9.59 Å². The lowest BCUT2D eigenvalue weighted by Crippen LogP contribution is -2.42. The quantitative estimate of drug-likeness (QED) is 0.394. The summed E-state index contributed by atoms with van der Waals surface area (Å²) in [4.78, 5) is 27.1. The Balaban J connectivity index is 1.52. The van der Waals surface area contributed by atoms with Crippen molar-refractivity contribution in [1.29, 1.82) is 0 Å². The number of benzene rings is 3. The third kappa shape index (κ3) is 7.48. The Morgan fingerprint density at radius 3 is 2.03 bits per heavy atom. The van der Waals surface area contributed by atoms with Gasteiger partial charge in [0.05, 0.1) is 0 Å². The van der Waals surface area contributed by atoms with Crippen molar-refractivity contribution in [3.63, 3.8) is 0 Å². The lowest BCUT2D eigenvalue weighted by atomic mass is 9.88. The van der Waals surface area contributed by atoms with Gasteiger partial charge in [-0.25, -0.2) is 4.79 Å². The van der Waals surface area contributed by atoms with Gasteiger partial charge in [-0.2, -0.15) is 0 Å². The van der Waals surface area contributed by atoms with Crippen LogP contribution >= 0.6 is 0 Å². The Bertz CT molecular complexity index is 1010. The highest BCUT2D eigenvalue weighted by atomic mass is 16.2. The molecule has 5 nitrogen and oxygen atoms in total. The second kappa shape index (κ2) is 12.6. The minimum absolute atomic E-state index is 0.0156. The number of carbonyl (C=O) groups excluding carboxylic acids is 2. The second-order valence-corrected chi connectivity index (χ2v) is 8.85. The number of rotatable bonds is 10. The highest BCUT2D eigenvalue weighted by Gasteiger charge is 2.19. The van der Waals surface area contributed by atoms with Gasteiger partial charge in [-0.3, -0.25) is 4.79 Å². The molecule has 3 aromatic carbocycles. The zero-order chi connectivity index (χ0) is 24.3. The van der Waals surface area contributed by atoms with Gasteiger partial charge in [0.1, 0.15) is 0 Å². The Kier molecular flexibility index (Phi) is 9.27. The number of aryl methyl sites for hydroxylation is 1. The van der Waals surface area contributed by atoms with Crippen LogP contribution in [-0.4, -0.2) is 36.0 Å². The summed E-state index contributed by atoms with van der Waals surface area (Å²) in [6.07, 6.45) is 1.07. The summed E-state index contributed by atoms with van der Waals surface area (Å²) in [5.41, 5.74) is 4.31. The van der Waals surface area contributed by atoms with Gasteiger partial charge in [0.25, 0.3) is 0 Å². The molecule has 0 radical (unpaired) electrons. The summed E-state index contributed by atoms with van der Waals surface area (Å²) in [6, 6.07) is 28.2. The summed E-state index contributed by atoms with van der Waals surface area (Å²) in [5, 5.41) is 5.98. The zero-order valence-electron chi connectivity index (χ0n) is 20.3. The number of anilines is 1. The molecule has 3 amide bonds. The Morgan fingerprint density at radius 1 is 0.853 bits per heavy atom. The van der Waals surface area contributed by atoms with Crippen LogP contribution in [0.3, 0.4) is 0 Å². The van der Waals surface area contributed by atoms with Gasteiger partial charge in [0, 0.05) is 37.2 Å². The summed E-state index contributed by atoms with van der Waals surface area (Å²) in [6.45, 7) is 6.84. The van der Waals surface area contributed by atoms with E-state index in [2.05, 4.69) is 34.9 Å². The van der Waals surface area contributed by atoms with Crippen LogP contribution in [0.25, 0.3) is 0 Å². The van der Waals surface area contributed by atoms with E-state index in [0.717, 1.165) is 17.7 Å². The molecule has 0 saturated heterocycles. The first-order chi connectivity index (χ1) is 16.4. The molecule has 3 rings (SSSR count). The van der Waals surface area contributed by atoms with Crippen LogP contribution in [0.15, 0.2) is 84.9 Å². The van der Waals surface area contributed by atoms with Crippen molar-refractivity contribution >= 4 is 17.6 Å². The summed E-state index contributed by atoms with van der Waals surface area (Å²) in [5.74, 6) is 0.170. The minimum Gasteiger partial charge on any atom is -0.356 e. The number of nitrogens with one attached hydrogen (secondary N) is 2. The fourth-order valence-electron chi connectivity index (χ4n) is 4.08. The molecule has 0 unspecified atom stereocenters. The lowest BCUT2D eigenvalue weighted by Gasteiger charge is -2.27. The maximum Gasteiger partial charge on any atom is 0.322 e. The van der Waals surface area contributed by atoms with E-state index < -0.39 is 0 Å². The standard InChI is InChI=1S/C29H35N3O2/c1-22(2)32(29(34)31-26-16-10-11-23(3)21-26)20-18-28(33)30-19-17-27(24-12-6-4-7-13-24)25-14-8-5-9-15-25/h4-16,21-22,27H,17-20H2,1-3H3,(H,30,33)(H,31,34). The first kappa shape index (κ1) is 25.0. The van der Waals surface area contributed by atoms with Crippen molar-refractivity contribution in [2.75, 3.05) is 18.4 Å². The minimum atomic E-state index is -0.193. The third-order valence-corrected chi connectivity index (χ3v) is 5.89. The highest BCUT2D eigenvalue weighted by Crippen LogP contribution is 2.27. The van der Waals surface area contributed by atoms with Crippen LogP contribution in [0.1, 0.15) is 49.3 Å². The topological polar surface area (TPSA) is 61.4 Å². The van der Waals surface area contributed by atoms with Crippen molar-refractivity contribution in [1.82, 2.24) is 10.2 Å². The van der Waals surface area contributed by atoms with Crippen LogP contribution in [0.5, 0.6) is 0 Å². The van der Waals surface area contributed by atoms with E-state index in [1.54, 1.807) is 4.90 Å². The molecule has 0 bridgehead atoms. The van der Waals surface area contributed by atoms with Gasteiger partial charge in [0.15, 0.2) is 0 Å². The van der Waals surface area contributed by atoms with Gasteiger partial charge in [-0.15, -0.1) is 0 Å². The first-order valence-corrected chi connectivity index (χ1v) is 11.9. The molecule has 178 valence electrons. The molecule has 0 fully saturated rings. The van der Waals surface area contributed by atoms with Gasteiger partial charge in [-0.1, -0.05) is 72.8 Å². The largest absolute Gasteiger partial charge is 0.356 e. The number of nitrogens with zero attached hydrogens (tertiary/aromatic N) is 1. The molecule has 0 atom stereocenters. The van der Waals surface area contributed by atoms with Gasteiger partial charge >= 0.3 is 6.03 Å². The van der Waals surface area contributed by atoms with Crippen molar-refractivity contribution in [2.45, 2.75) is 45.6 Å². The van der Waals surface area contributed by atoms with Crippen LogP contribution in [0.4, 0.5) is 10.5 Å². The smallest absolute Gasteiger partial charge is 0.322 e. The molecule has 0 aliphatic carbocycles. The fourth-order valence-corrected chi connectivity index (χ4v) is 4.08. The maximum atomic E-state index is 12.8. The Morgan fingerprint density at radius 2 is 1.47 bits per heavy atom. The fraction of sp³-hybridized carbons (Fsp3) is 0.310. The molecule has 0 aliphatic heterocycles. The monoisotopic (exact) mass is 457 g/mol. The van der Waals surface area contributed by atoms with E-state index in [1.165, 1.54) is 11.1 Å². The van der Waals surface area contributed by atoms with Crippen LogP contribution in [-0.2, 0) is 4.79 Å². The van der Waals surface area contributed by atoms with Crippen LogP contribution in [0.2, 0.25) is 0 Å². The van der Waals surface area contributed by atoms with Crippen molar-refractivity contribution in [3.8, 4) is 0 Å². The van der Waals surface area contributed by atoms with Crippen molar-refractivity contribution in [2.24, 2.45) is 0 Å². The number of urea groups is 1. The van der Waals surface area contributed by atoms with Crippen LogP contribution < -0.4 is 10.6 Å². The molecule has 3 aromatic rings. The number of amides is 3. The lowest BCUT2D eigenvalue weighted by molar-refractivity contribution is -0.121. The summed E-state index contributed by atoms with van der Waals surface area (Å²) >= 11 is 0. The Hall–Kier alpha value is -3.60.